The summed E-state index contributed by atoms with van der Waals surface area (Å²) < 4.78 is 8.43. The predicted molar refractivity (Wildman–Crippen MR) is 75.1 cm³/mol. The van der Waals surface area contributed by atoms with Gasteiger partial charge in [0.25, 0.3) is 0 Å². The average Bonchev–Trinajstić information content (AvgIpc) is 3.14. The molecule has 1 aromatic heterocycles. The molecule has 2 fully saturated rings. The van der Waals surface area contributed by atoms with Crippen molar-refractivity contribution in [2.24, 2.45) is 5.92 Å². The first-order valence-electron chi connectivity index (χ1n) is 7.62. The number of ether oxygens (including phenoxy) is 1. The molecule has 0 radical (unpaired) electrons. The molecule has 0 aromatic carbocycles. The van der Waals surface area contributed by atoms with E-state index in [4.69, 9.17) is 4.74 Å². The van der Waals surface area contributed by atoms with Crippen LogP contribution in [0.1, 0.15) is 57.4 Å². The normalized spacial score (nSPS) is 27.9. The Labute approximate surface area is 115 Å². The summed E-state index contributed by atoms with van der Waals surface area (Å²) in [5.41, 5.74) is 1.29. The van der Waals surface area contributed by atoms with Gasteiger partial charge in [0.2, 0.25) is 0 Å². The molecule has 106 valence electrons. The quantitative estimate of drug-likeness (QED) is 0.887. The van der Waals surface area contributed by atoms with Gasteiger partial charge in [-0.05, 0) is 25.7 Å². The zero-order valence-electron chi connectivity index (χ0n) is 12.0. The van der Waals surface area contributed by atoms with Crippen LogP contribution in [-0.4, -0.2) is 28.7 Å². The van der Waals surface area contributed by atoms with Crippen LogP contribution in [0.3, 0.4) is 0 Å². The van der Waals surface area contributed by atoms with E-state index in [0.29, 0.717) is 18.0 Å². The van der Waals surface area contributed by atoms with E-state index in [-0.39, 0.29) is 6.10 Å². The summed E-state index contributed by atoms with van der Waals surface area (Å²) >= 11 is 0. The maximum Gasteiger partial charge on any atom is 0.103 e. The maximum absolute atomic E-state index is 6.09. The molecule has 1 saturated carbocycles. The molecule has 1 saturated heterocycles. The molecule has 2 atom stereocenters. The summed E-state index contributed by atoms with van der Waals surface area (Å²) in [5, 5.41) is 3.56. The number of imidazole rings is 1. The molecule has 0 bridgehead atoms. The molecule has 2 aliphatic rings. The maximum atomic E-state index is 6.09. The van der Waals surface area contributed by atoms with Gasteiger partial charge in [0.1, 0.15) is 6.10 Å². The Morgan fingerprint density at radius 2 is 2.26 bits per heavy atom. The molecule has 4 nitrogen and oxygen atoms in total. The Bertz CT molecular complexity index is 411. The van der Waals surface area contributed by atoms with Crippen LogP contribution in [0, 0.1) is 5.92 Å². The summed E-state index contributed by atoms with van der Waals surface area (Å²) in [7, 11) is 0. The number of hydrogen-bond donors (Lipinski definition) is 1. The van der Waals surface area contributed by atoms with Crippen molar-refractivity contribution in [1.29, 1.82) is 0 Å². The minimum Gasteiger partial charge on any atom is -0.372 e. The second-order valence-corrected chi connectivity index (χ2v) is 6.21. The van der Waals surface area contributed by atoms with Crippen molar-refractivity contribution in [3.05, 3.63) is 18.2 Å². The SMILES string of the molecule is CC(C)NCC1CCCOC1c1cncn1C1CC1. The van der Waals surface area contributed by atoms with E-state index in [1.807, 2.05) is 12.5 Å². The molecule has 19 heavy (non-hydrogen) atoms. The van der Waals surface area contributed by atoms with Crippen LogP contribution in [0.4, 0.5) is 0 Å². The third-order valence-corrected chi connectivity index (χ3v) is 4.16. The van der Waals surface area contributed by atoms with Gasteiger partial charge in [-0.15, -0.1) is 0 Å². The van der Waals surface area contributed by atoms with Gasteiger partial charge in [0.15, 0.2) is 0 Å². The highest BCUT2D eigenvalue weighted by Gasteiger charge is 2.33. The Morgan fingerprint density at radius 1 is 1.42 bits per heavy atom. The Kier molecular flexibility index (Phi) is 3.89. The van der Waals surface area contributed by atoms with Crippen molar-refractivity contribution in [2.75, 3.05) is 13.2 Å². The molecular weight excluding hydrogens is 238 g/mol. The lowest BCUT2D eigenvalue weighted by molar-refractivity contribution is -0.0326. The van der Waals surface area contributed by atoms with Gasteiger partial charge in [0.05, 0.1) is 18.2 Å². The average molecular weight is 263 g/mol. The monoisotopic (exact) mass is 263 g/mol. The molecule has 1 aromatic rings. The van der Waals surface area contributed by atoms with Crippen molar-refractivity contribution >= 4 is 0 Å². The highest BCUT2D eigenvalue weighted by atomic mass is 16.5. The molecule has 0 amide bonds. The van der Waals surface area contributed by atoms with Crippen molar-refractivity contribution in [3.8, 4) is 0 Å². The van der Waals surface area contributed by atoms with Crippen LogP contribution >= 0.6 is 0 Å². The summed E-state index contributed by atoms with van der Waals surface area (Å²) in [6.45, 7) is 6.33. The Balaban J connectivity index is 1.73. The molecule has 1 aliphatic carbocycles. The minimum atomic E-state index is 0.225. The number of hydrogen-bond acceptors (Lipinski definition) is 3. The molecule has 2 heterocycles. The van der Waals surface area contributed by atoms with Gasteiger partial charge in [-0.2, -0.15) is 0 Å². The van der Waals surface area contributed by atoms with E-state index in [1.54, 1.807) is 0 Å². The highest BCUT2D eigenvalue weighted by molar-refractivity contribution is 5.09. The minimum absolute atomic E-state index is 0.225. The summed E-state index contributed by atoms with van der Waals surface area (Å²) in [5.74, 6) is 0.574. The smallest absolute Gasteiger partial charge is 0.103 e. The summed E-state index contributed by atoms with van der Waals surface area (Å²) in [4.78, 5) is 4.35. The van der Waals surface area contributed by atoms with Gasteiger partial charge in [-0.1, -0.05) is 13.8 Å². The van der Waals surface area contributed by atoms with Gasteiger partial charge in [-0.25, -0.2) is 4.98 Å². The first-order chi connectivity index (χ1) is 9.25. The van der Waals surface area contributed by atoms with Crippen LogP contribution < -0.4 is 5.32 Å². The van der Waals surface area contributed by atoms with Crippen LogP contribution in [0.25, 0.3) is 0 Å². The fraction of sp³-hybridized carbons (Fsp3) is 0.800. The van der Waals surface area contributed by atoms with E-state index in [1.165, 1.54) is 31.4 Å². The number of nitrogens with zero attached hydrogens (tertiary/aromatic N) is 2. The second-order valence-electron chi connectivity index (χ2n) is 6.21. The summed E-state index contributed by atoms with van der Waals surface area (Å²) in [6.07, 6.45) is 9.24. The number of aromatic nitrogens is 2. The fourth-order valence-corrected chi connectivity index (χ4v) is 2.96. The van der Waals surface area contributed by atoms with E-state index in [2.05, 4.69) is 28.7 Å². The van der Waals surface area contributed by atoms with E-state index >= 15 is 0 Å². The number of nitrogens with one attached hydrogen (secondary N) is 1. The lowest BCUT2D eigenvalue weighted by Crippen LogP contribution is -2.35. The van der Waals surface area contributed by atoms with Crippen molar-refractivity contribution in [1.82, 2.24) is 14.9 Å². The van der Waals surface area contributed by atoms with E-state index in [0.717, 1.165) is 13.2 Å². The largest absolute Gasteiger partial charge is 0.372 e. The van der Waals surface area contributed by atoms with Gasteiger partial charge in [-0.3, -0.25) is 0 Å². The zero-order chi connectivity index (χ0) is 13.2. The zero-order valence-corrected chi connectivity index (χ0v) is 12.0. The van der Waals surface area contributed by atoms with Gasteiger partial charge in [0, 0.05) is 31.2 Å². The summed E-state index contributed by atoms with van der Waals surface area (Å²) in [6, 6.07) is 1.22. The van der Waals surface area contributed by atoms with E-state index < -0.39 is 0 Å². The van der Waals surface area contributed by atoms with Crippen molar-refractivity contribution in [3.63, 3.8) is 0 Å². The molecule has 1 aliphatic heterocycles. The number of rotatable bonds is 5. The molecule has 1 N–H and O–H groups in total. The van der Waals surface area contributed by atoms with Crippen molar-refractivity contribution < 1.29 is 4.74 Å². The Hall–Kier alpha value is -0.870. The lowest BCUT2D eigenvalue weighted by Gasteiger charge is -2.33. The lowest BCUT2D eigenvalue weighted by atomic mass is 9.92. The Morgan fingerprint density at radius 3 is 3.00 bits per heavy atom. The van der Waals surface area contributed by atoms with Crippen LogP contribution in [0.2, 0.25) is 0 Å². The van der Waals surface area contributed by atoms with Crippen LogP contribution in [-0.2, 0) is 4.74 Å². The first kappa shape index (κ1) is 13.1. The van der Waals surface area contributed by atoms with Gasteiger partial charge < -0.3 is 14.6 Å². The first-order valence-corrected chi connectivity index (χ1v) is 7.62. The van der Waals surface area contributed by atoms with E-state index in [9.17, 15) is 0 Å². The second kappa shape index (κ2) is 5.63. The molecular formula is C15H25N3O. The van der Waals surface area contributed by atoms with Gasteiger partial charge >= 0.3 is 0 Å². The standard InChI is InChI=1S/C15H25N3O/c1-11(2)17-8-12-4-3-7-19-15(12)14-9-16-10-18(14)13-5-6-13/h9-13,15,17H,3-8H2,1-2H3. The molecule has 4 heteroatoms. The molecule has 0 spiro atoms. The highest BCUT2D eigenvalue weighted by Crippen LogP contribution is 2.40. The fourth-order valence-electron chi connectivity index (χ4n) is 2.96. The molecule has 3 rings (SSSR count). The predicted octanol–water partition coefficient (Wildman–Crippen LogP) is 2.68. The third kappa shape index (κ3) is 3.00. The molecule has 2 unspecified atom stereocenters. The third-order valence-electron chi connectivity index (χ3n) is 4.16. The van der Waals surface area contributed by atoms with Crippen LogP contribution in [0.5, 0.6) is 0 Å². The van der Waals surface area contributed by atoms with Crippen LogP contribution in [0.15, 0.2) is 12.5 Å². The topological polar surface area (TPSA) is 39.1 Å². The van der Waals surface area contributed by atoms with Crippen molar-refractivity contribution in [2.45, 2.75) is 57.7 Å².